The third-order valence-corrected chi connectivity index (χ3v) is 3.50. The smallest absolute Gasteiger partial charge is 0.119 e. The molecule has 3 nitrogen and oxygen atoms in total. The van der Waals surface area contributed by atoms with Crippen molar-refractivity contribution in [1.29, 1.82) is 0 Å². The molecule has 3 heteroatoms. The second-order valence-corrected chi connectivity index (χ2v) is 5.18. The highest BCUT2D eigenvalue weighted by Gasteiger charge is 2.24. The molecule has 0 unspecified atom stereocenters. The van der Waals surface area contributed by atoms with Gasteiger partial charge in [0.1, 0.15) is 12.4 Å². The molecule has 2 aromatic carbocycles. The molecule has 0 radical (unpaired) electrons. The van der Waals surface area contributed by atoms with Crippen LogP contribution in [-0.2, 0) is 12.0 Å². The largest absolute Gasteiger partial charge is 0.489 e. The second kappa shape index (κ2) is 6.55. The van der Waals surface area contributed by atoms with E-state index in [-0.39, 0.29) is 13.2 Å². The van der Waals surface area contributed by atoms with Gasteiger partial charge in [0.05, 0.1) is 13.2 Å². The molecule has 0 aromatic heterocycles. The van der Waals surface area contributed by atoms with Gasteiger partial charge in [-0.15, -0.1) is 0 Å². The molecule has 0 atom stereocenters. The number of ether oxygens (including phenoxy) is 1. The van der Waals surface area contributed by atoms with E-state index in [1.54, 1.807) is 0 Å². The lowest BCUT2D eigenvalue weighted by Crippen LogP contribution is -2.30. The molecule has 0 saturated heterocycles. The van der Waals surface area contributed by atoms with Crippen LogP contribution in [0.25, 0.3) is 0 Å². The molecule has 0 fully saturated rings. The topological polar surface area (TPSA) is 49.7 Å². The minimum atomic E-state index is -0.613. The van der Waals surface area contributed by atoms with E-state index < -0.39 is 5.41 Å². The molecule has 2 rings (SSSR count). The van der Waals surface area contributed by atoms with Crippen LogP contribution in [0, 0.1) is 0 Å². The molecule has 0 heterocycles. The number of benzene rings is 2. The highest BCUT2D eigenvalue weighted by Crippen LogP contribution is 2.25. The van der Waals surface area contributed by atoms with E-state index in [0.717, 1.165) is 16.9 Å². The number of rotatable bonds is 6. The van der Waals surface area contributed by atoms with Crippen LogP contribution in [0.3, 0.4) is 0 Å². The van der Waals surface area contributed by atoms with Crippen molar-refractivity contribution in [3.8, 4) is 5.75 Å². The van der Waals surface area contributed by atoms with Crippen LogP contribution in [0.2, 0.25) is 0 Å². The second-order valence-electron chi connectivity index (χ2n) is 5.18. The Balaban J connectivity index is 2.02. The van der Waals surface area contributed by atoms with Crippen molar-refractivity contribution >= 4 is 0 Å². The van der Waals surface area contributed by atoms with E-state index in [4.69, 9.17) is 4.74 Å². The molecule has 0 aliphatic rings. The molecule has 20 heavy (non-hydrogen) atoms. The Morgan fingerprint density at radius 2 is 1.50 bits per heavy atom. The van der Waals surface area contributed by atoms with Crippen LogP contribution in [0.4, 0.5) is 0 Å². The molecule has 0 spiro atoms. The molecule has 2 aromatic rings. The molecule has 0 saturated carbocycles. The highest BCUT2D eigenvalue weighted by molar-refractivity contribution is 5.32. The summed E-state index contributed by atoms with van der Waals surface area (Å²) in [6.07, 6.45) is 0. The Morgan fingerprint density at radius 1 is 0.900 bits per heavy atom. The summed E-state index contributed by atoms with van der Waals surface area (Å²) in [5.41, 5.74) is 1.40. The van der Waals surface area contributed by atoms with E-state index in [1.807, 2.05) is 61.5 Å². The van der Waals surface area contributed by atoms with Gasteiger partial charge in [0.15, 0.2) is 0 Å². The van der Waals surface area contributed by atoms with Crippen LogP contribution in [0.1, 0.15) is 18.1 Å². The van der Waals surface area contributed by atoms with Crippen LogP contribution in [0.5, 0.6) is 5.75 Å². The van der Waals surface area contributed by atoms with Crippen LogP contribution in [0.15, 0.2) is 54.6 Å². The fourth-order valence-electron chi connectivity index (χ4n) is 1.93. The maximum absolute atomic E-state index is 9.37. The highest BCUT2D eigenvalue weighted by atomic mass is 16.5. The Kier molecular flexibility index (Phi) is 4.77. The van der Waals surface area contributed by atoms with Gasteiger partial charge >= 0.3 is 0 Å². The first-order valence-electron chi connectivity index (χ1n) is 6.67. The van der Waals surface area contributed by atoms with E-state index in [1.165, 1.54) is 0 Å². The molecule has 106 valence electrons. The fourth-order valence-corrected chi connectivity index (χ4v) is 1.93. The summed E-state index contributed by atoms with van der Waals surface area (Å²) in [4.78, 5) is 0. The van der Waals surface area contributed by atoms with E-state index in [2.05, 4.69) is 0 Å². The number of aliphatic hydroxyl groups is 2. The average molecular weight is 272 g/mol. The van der Waals surface area contributed by atoms with Crippen molar-refractivity contribution in [2.75, 3.05) is 13.2 Å². The first kappa shape index (κ1) is 14.6. The van der Waals surface area contributed by atoms with Gasteiger partial charge in [0.25, 0.3) is 0 Å². The summed E-state index contributed by atoms with van der Waals surface area (Å²) in [7, 11) is 0. The third-order valence-electron chi connectivity index (χ3n) is 3.50. The summed E-state index contributed by atoms with van der Waals surface area (Å²) in [6, 6.07) is 17.5. The zero-order valence-corrected chi connectivity index (χ0v) is 11.6. The summed E-state index contributed by atoms with van der Waals surface area (Å²) in [5, 5.41) is 18.7. The molecule has 2 N–H and O–H groups in total. The Labute approximate surface area is 119 Å². The number of hydrogen-bond donors (Lipinski definition) is 2. The van der Waals surface area contributed by atoms with Gasteiger partial charge in [0, 0.05) is 5.41 Å². The van der Waals surface area contributed by atoms with Crippen molar-refractivity contribution in [2.24, 2.45) is 0 Å². The van der Waals surface area contributed by atoms with Gasteiger partial charge in [-0.1, -0.05) is 49.4 Å². The lowest BCUT2D eigenvalue weighted by Gasteiger charge is -2.25. The van der Waals surface area contributed by atoms with Gasteiger partial charge in [0.2, 0.25) is 0 Å². The van der Waals surface area contributed by atoms with Crippen LogP contribution >= 0.6 is 0 Å². The standard InChI is InChI=1S/C17H20O3/c1-17(12-18,13-19)15-7-9-16(10-8-15)20-11-14-5-3-2-4-6-14/h2-10,18-19H,11-13H2,1H3. The predicted octanol–water partition coefficient (Wildman–Crippen LogP) is 2.51. The van der Waals surface area contributed by atoms with Crippen molar-refractivity contribution in [3.05, 3.63) is 65.7 Å². The van der Waals surface area contributed by atoms with Gasteiger partial charge in [-0.05, 0) is 23.3 Å². The average Bonchev–Trinajstić information content (AvgIpc) is 2.53. The number of hydrogen-bond acceptors (Lipinski definition) is 3. The maximum Gasteiger partial charge on any atom is 0.119 e. The zero-order valence-electron chi connectivity index (χ0n) is 11.6. The van der Waals surface area contributed by atoms with Gasteiger partial charge in [-0.2, -0.15) is 0 Å². The van der Waals surface area contributed by atoms with E-state index in [0.29, 0.717) is 6.61 Å². The van der Waals surface area contributed by atoms with Crippen molar-refractivity contribution in [2.45, 2.75) is 18.9 Å². The minimum Gasteiger partial charge on any atom is -0.489 e. The molecule has 0 aliphatic carbocycles. The van der Waals surface area contributed by atoms with Crippen molar-refractivity contribution in [1.82, 2.24) is 0 Å². The molecule has 0 bridgehead atoms. The van der Waals surface area contributed by atoms with Gasteiger partial charge < -0.3 is 14.9 Å². The molecular formula is C17H20O3. The first-order chi connectivity index (χ1) is 9.68. The summed E-state index contributed by atoms with van der Waals surface area (Å²) in [5.74, 6) is 0.774. The van der Waals surface area contributed by atoms with Gasteiger partial charge in [-0.3, -0.25) is 0 Å². The van der Waals surface area contributed by atoms with Crippen LogP contribution in [-0.4, -0.2) is 23.4 Å². The van der Waals surface area contributed by atoms with Crippen molar-refractivity contribution < 1.29 is 14.9 Å². The quantitative estimate of drug-likeness (QED) is 0.849. The zero-order chi connectivity index (χ0) is 14.4. The Bertz CT molecular complexity index is 516. The predicted molar refractivity (Wildman–Crippen MR) is 78.7 cm³/mol. The fraction of sp³-hybridized carbons (Fsp3) is 0.294. The first-order valence-corrected chi connectivity index (χ1v) is 6.67. The molecule has 0 aliphatic heterocycles. The molecule has 0 amide bonds. The normalized spacial score (nSPS) is 11.3. The minimum absolute atomic E-state index is 0.0896. The van der Waals surface area contributed by atoms with Crippen LogP contribution < -0.4 is 4.74 Å². The third kappa shape index (κ3) is 3.38. The lowest BCUT2D eigenvalue weighted by atomic mass is 9.84. The van der Waals surface area contributed by atoms with E-state index in [9.17, 15) is 10.2 Å². The summed E-state index contributed by atoms with van der Waals surface area (Å²) >= 11 is 0. The van der Waals surface area contributed by atoms with E-state index >= 15 is 0 Å². The Hall–Kier alpha value is -1.84. The monoisotopic (exact) mass is 272 g/mol. The SMILES string of the molecule is CC(CO)(CO)c1ccc(OCc2ccccc2)cc1. The summed E-state index contributed by atoms with van der Waals surface area (Å²) in [6.45, 7) is 2.17. The number of aliphatic hydroxyl groups excluding tert-OH is 2. The van der Waals surface area contributed by atoms with Gasteiger partial charge in [-0.25, -0.2) is 0 Å². The Morgan fingerprint density at radius 3 is 2.05 bits per heavy atom. The lowest BCUT2D eigenvalue weighted by molar-refractivity contribution is 0.129. The van der Waals surface area contributed by atoms with Crippen molar-refractivity contribution in [3.63, 3.8) is 0 Å². The molecular weight excluding hydrogens is 252 g/mol. The maximum atomic E-state index is 9.37. The summed E-state index contributed by atoms with van der Waals surface area (Å²) < 4.78 is 5.70.